The van der Waals surface area contributed by atoms with Gasteiger partial charge < -0.3 is 10.4 Å². The molecule has 0 bridgehead atoms. The van der Waals surface area contributed by atoms with E-state index in [9.17, 15) is 13.5 Å². The minimum absolute atomic E-state index is 0.159. The Bertz CT molecular complexity index is 2020. The normalized spacial score (nSPS) is 12.1. The van der Waals surface area contributed by atoms with Gasteiger partial charge in [-0.2, -0.15) is 5.10 Å². The van der Waals surface area contributed by atoms with Crippen LogP contribution in [0.1, 0.15) is 19.4 Å². The number of pyridine rings is 2. The zero-order valence-electron chi connectivity index (χ0n) is 23.4. The molecule has 0 unspecified atom stereocenters. The number of hydrogen-bond donors (Lipinski definition) is 3. The molecule has 0 saturated carbocycles. The van der Waals surface area contributed by atoms with Crippen LogP contribution in [0.4, 0.5) is 17.2 Å². The Morgan fingerprint density at radius 3 is 2.38 bits per heavy atom. The van der Waals surface area contributed by atoms with Gasteiger partial charge in [0.25, 0.3) is 10.0 Å². The Kier molecular flexibility index (Phi) is 6.88. The molecule has 0 aliphatic rings. The number of sulfonamides is 1. The Balaban J connectivity index is 1.29. The second-order valence-electron chi connectivity index (χ2n) is 10.9. The van der Waals surface area contributed by atoms with Crippen LogP contribution in [0.3, 0.4) is 0 Å². The molecule has 0 spiro atoms. The van der Waals surface area contributed by atoms with Gasteiger partial charge in [-0.25, -0.2) is 13.4 Å². The number of rotatable bonds is 8. The largest absolute Gasteiger partial charge is 0.389 e. The fourth-order valence-corrected chi connectivity index (χ4v) is 6.03. The number of hydrogen-bond acceptors (Lipinski definition) is 7. The summed E-state index contributed by atoms with van der Waals surface area (Å²) in [5.41, 5.74) is 4.11. The van der Waals surface area contributed by atoms with Crippen molar-refractivity contribution in [3.8, 4) is 11.3 Å². The van der Waals surface area contributed by atoms with Crippen LogP contribution in [-0.2, 0) is 16.6 Å². The van der Waals surface area contributed by atoms with Crippen LogP contribution >= 0.6 is 0 Å². The molecule has 3 aromatic heterocycles. The van der Waals surface area contributed by atoms with Gasteiger partial charge in [-0.1, -0.05) is 24.3 Å². The lowest BCUT2D eigenvalue weighted by atomic mass is 9.98. The summed E-state index contributed by atoms with van der Waals surface area (Å²) < 4.78 is 30.0. The molecule has 0 fully saturated rings. The molecule has 3 N–H and O–H groups in total. The summed E-state index contributed by atoms with van der Waals surface area (Å²) in [6.45, 7) is 5.97. The summed E-state index contributed by atoms with van der Waals surface area (Å²) in [4.78, 5) is 9.46. The summed E-state index contributed by atoms with van der Waals surface area (Å²) in [5, 5.41) is 21.0. The monoisotopic (exact) mass is 578 g/mol. The van der Waals surface area contributed by atoms with Crippen LogP contribution in [0.2, 0.25) is 0 Å². The predicted octanol–water partition coefficient (Wildman–Crippen LogP) is 6.27. The van der Waals surface area contributed by atoms with Gasteiger partial charge in [0.05, 0.1) is 34.4 Å². The highest BCUT2D eigenvalue weighted by atomic mass is 32.2. The van der Waals surface area contributed by atoms with Crippen molar-refractivity contribution >= 4 is 48.9 Å². The number of nitrogens with zero attached hydrogens (tertiary/aromatic N) is 4. The highest BCUT2D eigenvalue weighted by Gasteiger charge is 2.19. The molecule has 6 rings (SSSR count). The lowest BCUT2D eigenvalue weighted by Gasteiger charge is -2.18. The third-order valence-corrected chi connectivity index (χ3v) is 8.40. The number of benzene rings is 3. The minimum atomic E-state index is -3.72. The van der Waals surface area contributed by atoms with Crippen LogP contribution in [0.15, 0.2) is 102 Å². The van der Waals surface area contributed by atoms with E-state index in [1.807, 2.05) is 41.2 Å². The molecule has 3 heterocycles. The molecule has 212 valence electrons. The van der Waals surface area contributed by atoms with Gasteiger partial charge in [-0.15, -0.1) is 0 Å². The van der Waals surface area contributed by atoms with Crippen LogP contribution in [-0.4, -0.2) is 38.9 Å². The Labute approximate surface area is 243 Å². The standard InChI is InChI=1S/C32H30N6O3S/c1-21-26(13-14-29-28(21)19-35-38(29)20-32(2,3)39)31-27-17-30(34-18-22(27)15-16-33-31)36-23-9-11-25(12-10-23)42(40,41)37-24-7-5-4-6-8-24/h4-19,37,39H,20H2,1-3H3,(H,34,36). The van der Waals surface area contributed by atoms with Gasteiger partial charge in [0, 0.05) is 45.5 Å². The number of anilines is 3. The number of aryl methyl sites for hydroxylation is 1. The Morgan fingerprint density at radius 2 is 1.64 bits per heavy atom. The van der Waals surface area contributed by atoms with E-state index in [1.165, 1.54) is 0 Å². The number of aromatic nitrogens is 4. The Hall–Kier alpha value is -4.80. The first-order valence-corrected chi connectivity index (χ1v) is 14.9. The first-order valence-electron chi connectivity index (χ1n) is 13.4. The van der Waals surface area contributed by atoms with Crippen molar-refractivity contribution in [1.29, 1.82) is 0 Å². The number of fused-ring (bicyclic) bond motifs is 2. The van der Waals surface area contributed by atoms with Crippen LogP contribution in [0.25, 0.3) is 32.9 Å². The van der Waals surface area contributed by atoms with Crippen molar-refractivity contribution in [2.45, 2.75) is 37.8 Å². The third-order valence-electron chi connectivity index (χ3n) is 7.00. The molecular weight excluding hydrogens is 548 g/mol. The summed E-state index contributed by atoms with van der Waals surface area (Å²) in [6.07, 6.45) is 5.40. The average Bonchev–Trinajstić information content (AvgIpc) is 3.35. The minimum Gasteiger partial charge on any atom is -0.389 e. The molecule has 0 atom stereocenters. The zero-order valence-corrected chi connectivity index (χ0v) is 24.2. The maximum absolute atomic E-state index is 12.8. The molecule has 0 amide bonds. The van der Waals surface area contributed by atoms with E-state index < -0.39 is 15.6 Å². The van der Waals surface area contributed by atoms with Crippen molar-refractivity contribution in [1.82, 2.24) is 19.7 Å². The van der Waals surface area contributed by atoms with Gasteiger partial charge in [0.2, 0.25) is 0 Å². The van der Waals surface area contributed by atoms with Crippen molar-refractivity contribution in [2.75, 3.05) is 10.0 Å². The van der Waals surface area contributed by atoms with Gasteiger partial charge in [-0.3, -0.25) is 14.4 Å². The first kappa shape index (κ1) is 27.4. The van der Waals surface area contributed by atoms with E-state index in [2.05, 4.69) is 27.0 Å². The highest BCUT2D eigenvalue weighted by molar-refractivity contribution is 7.92. The van der Waals surface area contributed by atoms with E-state index >= 15 is 0 Å². The second-order valence-corrected chi connectivity index (χ2v) is 12.5. The SMILES string of the molecule is Cc1c(-c2nccc3cnc(Nc4ccc(S(=O)(=O)Nc5ccccc5)cc4)cc23)ccc2c1cnn2CC(C)(C)O. The molecule has 0 aliphatic heterocycles. The number of nitrogens with one attached hydrogen (secondary N) is 2. The van der Waals surface area contributed by atoms with Gasteiger partial charge in [-0.05, 0) is 80.9 Å². The first-order chi connectivity index (χ1) is 20.1. The molecule has 42 heavy (non-hydrogen) atoms. The molecule has 0 aliphatic carbocycles. The zero-order chi connectivity index (χ0) is 29.5. The van der Waals surface area contributed by atoms with Gasteiger partial charge in [0.15, 0.2) is 0 Å². The summed E-state index contributed by atoms with van der Waals surface area (Å²) in [5.74, 6) is 0.603. The molecule has 10 heteroatoms. The summed E-state index contributed by atoms with van der Waals surface area (Å²) in [6, 6.07) is 23.2. The number of para-hydroxylation sites is 1. The summed E-state index contributed by atoms with van der Waals surface area (Å²) >= 11 is 0. The maximum atomic E-state index is 12.8. The van der Waals surface area contributed by atoms with Crippen molar-refractivity contribution in [3.05, 3.63) is 103 Å². The lowest BCUT2D eigenvalue weighted by molar-refractivity contribution is 0.0591. The fraction of sp³-hybridized carbons (Fsp3) is 0.156. The van der Waals surface area contributed by atoms with Crippen molar-refractivity contribution < 1.29 is 13.5 Å². The van der Waals surface area contributed by atoms with E-state index in [4.69, 9.17) is 4.98 Å². The predicted molar refractivity (Wildman–Crippen MR) is 166 cm³/mol. The molecule has 3 aromatic carbocycles. The second kappa shape index (κ2) is 10.6. The average molecular weight is 579 g/mol. The van der Waals surface area contributed by atoms with Crippen LogP contribution < -0.4 is 10.0 Å². The molecule has 9 nitrogen and oxygen atoms in total. The van der Waals surface area contributed by atoms with E-state index in [0.717, 1.165) is 38.5 Å². The quantitative estimate of drug-likeness (QED) is 0.195. The summed E-state index contributed by atoms with van der Waals surface area (Å²) in [7, 11) is -3.72. The van der Waals surface area contributed by atoms with E-state index in [0.29, 0.717) is 23.7 Å². The number of aliphatic hydroxyl groups is 1. The van der Waals surface area contributed by atoms with E-state index in [-0.39, 0.29) is 4.90 Å². The van der Waals surface area contributed by atoms with Crippen molar-refractivity contribution in [3.63, 3.8) is 0 Å². The lowest BCUT2D eigenvalue weighted by Crippen LogP contribution is -2.26. The van der Waals surface area contributed by atoms with E-state index in [1.54, 1.807) is 74.8 Å². The highest BCUT2D eigenvalue weighted by Crippen LogP contribution is 2.34. The van der Waals surface area contributed by atoms with Crippen molar-refractivity contribution in [2.24, 2.45) is 0 Å². The Morgan fingerprint density at radius 1 is 0.881 bits per heavy atom. The molecule has 0 saturated heterocycles. The molecule has 6 aromatic rings. The van der Waals surface area contributed by atoms with Crippen LogP contribution in [0, 0.1) is 6.92 Å². The molecular formula is C32H30N6O3S. The maximum Gasteiger partial charge on any atom is 0.261 e. The molecule has 0 radical (unpaired) electrons. The third kappa shape index (κ3) is 5.54. The van der Waals surface area contributed by atoms with Crippen LogP contribution in [0.5, 0.6) is 0 Å². The van der Waals surface area contributed by atoms with Gasteiger partial charge in [0.1, 0.15) is 5.82 Å². The fourth-order valence-electron chi connectivity index (χ4n) is 4.97. The van der Waals surface area contributed by atoms with Gasteiger partial charge >= 0.3 is 0 Å². The smallest absolute Gasteiger partial charge is 0.261 e. The topological polar surface area (TPSA) is 122 Å².